The van der Waals surface area contributed by atoms with Crippen LogP contribution in [-0.4, -0.2) is 20.2 Å². The number of rotatable bonds is 4. The standard InChI is InChI=1S/C14H14N4O3S/c1-7-6-11(19)16-12(15-7)9(3)22-14-18-17-13(21-14)10-4-5-20-8(10)2/h4-6,9H,1-3H3,(H,15,16,19)/t9-/m0/s1. The molecule has 0 saturated heterocycles. The third-order valence-electron chi connectivity index (χ3n) is 3.05. The average molecular weight is 318 g/mol. The Morgan fingerprint density at radius 3 is 2.82 bits per heavy atom. The van der Waals surface area contributed by atoms with E-state index in [1.807, 2.05) is 13.8 Å². The lowest BCUT2D eigenvalue weighted by Gasteiger charge is -2.07. The second kappa shape index (κ2) is 5.80. The van der Waals surface area contributed by atoms with Crippen LogP contribution in [0, 0.1) is 13.8 Å². The van der Waals surface area contributed by atoms with Crippen LogP contribution in [0.15, 0.2) is 37.2 Å². The first kappa shape index (κ1) is 14.6. The molecule has 8 heteroatoms. The van der Waals surface area contributed by atoms with Crippen LogP contribution in [0.3, 0.4) is 0 Å². The molecule has 3 aromatic heterocycles. The minimum atomic E-state index is -0.171. The average Bonchev–Trinajstić information content (AvgIpc) is 3.06. The van der Waals surface area contributed by atoms with Crippen LogP contribution < -0.4 is 5.56 Å². The number of furan rings is 1. The number of hydrogen-bond acceptors (Lipinski definition) is 7. The highest BCUT2D eigenvalue weighted by atomic mass is 32.2. The third kappa shape index (κ3) is 2.96. The van der Waals surface area contributed by atoms with E-state index in [-0.39, 0.29) is 10.8 Å². The lowest BCUT2D eigenvalue weighted by atomic mass is 10.3. The molecular formula is C14H14N4O3S. The van der Waals surface area contributed by atoms with Gasteiger partial charge in [-0.15, -0.1) is 10.2 Å². The van der Waals surface area contributed by atoms with E-state index >= 15 is 0 Å². The van der Waals surface area contributed by atoms with Crippen LogP contribution in [0.2, 0.25) is 0 Å². The van der Waals surface area contributed by atoms with Crippen molar-refractivity contribution >= 4 is 11.8 Å². The lowest BCUT2D eigenvalue weighted by Crippen LogP contribution is -2.12. The van der Waals surface area contributed by atoms with E-state index in [0.717, 1.165) is 11.3 Å². The van der Waals surface area contributed by atoms with Crippen molar-refractivity contribution in [3.05, 3.63) is 46.0 Å². The Kier molecular flexibility index (Phi) is 3.84. The molecule has 3 heterocycles. The third-order valence-corrected chi connectivity index (χ3v) is 3.99. The quantitative estimate of drug-likeness (QED) is 0.738. The summed E-state index contributed by atoms with van der Waals surface area (Å²) in [4.78, 5) is 18.5. The van der Waals surface area contributed by atoms with Crippen molar-refractivity contribution in [1.82, 2.24) is 20.2 Å². The Morgan fingerprint density at radius 2 is 2.14 bits per heavy atom. The highest BCUT2D eigenvalue weighted by molar-refractivity contribution is 7.99. The van der Waals surface area contributed by atoms with Crippen molar-refractivity contribution in [2.45, 2.75) is 31.2 Å². The van der Waals surface area contributed by atoms with Crippen molar-refractivity contribution in [3.63, 3.8) is 0 Å². The zero-order valence-electron chi connectivity index (χ0n) is 12.3. The molecule has 3 aromatic rings. The zero-order valence-corrected chi connectivity index (χ0v) is 13.1. The molecule has 0 aliphatic carbocycles. The lowest BCUT2D eigenvalue weighted by molar-refractivity contribution is 0.462. The molecule has 0 bridgehead atoms. The summed E-state index contributed by atoms with van der Waals surface area (Å²) in [7, 11) is 0. The number of thioether (sulfide) groups is 1. The molecule has 0 unspecified atom stereocenters. The molecule has 0 aromatic carbocycles. The summed E-state index contributed by atoms with van der Waals surface area (Å²) in [5.74, 6) is 1.71. The molecule has 3 rings (SSSR count). The Labute approximate surface area is 130 Å². The monoisotopic (exact) mass is 318 g/mol. The Morgan fingerprint density at radius 1 is 1.32 bits per heavy atom. The van der Waals surface area contributed by atoms with E-state index in [1.54, 1.807) is 19.3 Å². The Balaban J connectivity index is 1.80. The van der Waals surface area contributed by atoms with E-state index in [2.05, 4.69) is 20.2 Å². The number of nitrogens with one attached hydrogen (secondary N) is 1. The molecule has 0 spiro atoms. The van der Waals surface area contributed by atoms with Gasteiger partial charge in [0.1, 0.15) is 11.6 Å². The maximum atomic E-state index is 11.5. The first-order chi connectivity index (χ1) is 10.5. The first-order valence-electron chi connectivity index (χ1n) is 6.65. The van der Waals surface area contributed by atoms with Crippen LogP contribution in [0.25, 0.3) is 11.5 Å². The molecular weight excluding hydrogens is 304 g/mol. The van der Waals surface area contributed by atoms with E-state index < -0.39 is 0 Å². The maximum absolute atomic E-state index is 11.5. The molecule has 1 N–H and O–H groups in total. The predicted molar refractivity (Wildman–Crippen MR) is 80.6 cm³/mol. The zero-order chi connectivity index (χ0) is 15.7. The van der Waals surface area contributed by atoms with Crippen molar-refractivity contribution < 1.29 is 8.83 Å². The summed E-state index contributed by atoms with van der Waals surface area (Å²) >= 11 is 1.33. The van der Waals surface area contributed by atoms with Gasteiger partial charge < -0.3 is 13.8 Å². The maximum Gasteiger partial charge on any atom is 0.277 e. The topological polar surface area (TPSA) is 97.8 Å². The van der Waals surface area contributed by atoms with Crippen molar-refractivity contribution in [2.75, 3.05) is 0 Å². The van der Waals surface area contributed by atoms with Gasteiger partial charge >= 0.3 is 0 Å². The molecule has 22 heavy (non-hydrogen) atoms. The fourth-order valence-electron chi connectivity index (χ4n) is 1.97. The van der Waals surface area contributed by atoms with Crippen LogP contribution in [0.5, 0.6) is 0 Å². The van der Waals surface area contributed by atoms with E-state index in [0.29, 0.717) is 22.6 Å². The van der Waals surface area contributed by atoms with Gasteiger partial charge in [-0.25, -0.2) is 4.98 Å². The molecule has 0 radical (unpaired) electrons. The van der Waals surface area contributed by atoms with Gasteiger partial charge in [-0.3, -0.25) is 4.79 Å². The number of aryl methyl sites for hydroxylation is 2. The van der Waals surface area contributed by atoms with Gasteiger partial charge in [-0.1, -0.05) is 11.8 Å². The molecule has 0 saturated carbocycles. The Bertz CT molecular complexity index is 852. The summed E-state index contributed by atoms with van der Waals surface area (Å²) in [6.45, 7) is 5.52. The van der Waals surface area contributed by atoms with Gasteiger partial charge in [0.2, 0.25) is 0 Å². The van der Waals surface area contributed by atoms with Crippen molar-refractivity contribution in [2.24, 2.45) is 0 Å². The fourth-order valence-corrected chi connectivity index (χ4v) is 2.72. The predicted octanol–water partition coefficient (Wildman–Crippen LogP) is 2.88. The largest absolute Gasteiger partial charge is 0.469 e. The first-order valence-corrected chi connectivity index (χ1v) is 7.53. The van der Waals surface area contributed by atoms with Crippen LogP contribution >= 0.6 is 11.8 Å². The summed E-state index contributed by atoms with van der Waals surface area (Å²) in [5.41, 5.74) is 1.27. The highest BCUT2D eigenvalue weighted by Crippen LogP contribution is 2.33. The van der Waals surface area contributed by atoms with Gasteiger partial charge in [0.25, 0.3) is 16.7 Å². The normalized spacial score (nSPS) is 12.5. The van der Waals surface area contributed by atoms with Gasteiger partial charge in [-0.2, -0.15) is 0 Å². The molecule has 114 valence electrons. The molecule has 0 aliphatic rings. The summed E-state index contributed by atoms with van der Waals surface area (Å²) < 4.78 is 10.8. The van der Waals surface area contributed by atoms with Crippen molar-refractivity contribution in [3.8, 4) is 11.5 Å². The summed E-state index contributed by atoms with van der Waals surface area (Å²) in [6, 6.07) is 3.23. The molecule has 7 nitrogen and oxygen atoms in total. The summed E-state index contributed by atoms with van der Waals surface area (Å²) in [5, 5.41) is 8.31. The summed E-state index contributed by atoms with van der Waals surface area (Å²) in [6.07, 6.45) is 1.58. The van der Waals surface area contributed by atoms with E-state index in [1.165, 1.54) is 17.8 Å². The molecule has 0 aliphatic heterocycles. The smallest absolute Gasteiger partial charge is 0.277 e. The number of aromatic nitrogens is 4. The van der Waals surface area contributed by atoms with Crippen LogP contribution in [0.4, 0.5) is 0 Å². The Hall–Kier alpha value is -2.35. The van der Waals surface area contributed by atoms with Gasteiger partial charge in [0.15, 0.2) is 0 Å². The van der Waals surface area contributed by atoms with Gasteiger partial charge in [-0.05, 0) is 26.8 Å². The van der Waals surface area contributed by atoms with Crippen LogP contribution in [-0.2, 0) is 0 Å². The number of hydrogen-bond donors (Lipinski definition) is 1. The molecule has 1 atom stereocenters. The SMILES string of the molecule is Cc1cc(=O)[nH]c([C@H](C)Sc2nnc(-c3ccoc3C)o2)n1. The van der Waals surface area contributed by atoms with Crippen molar-refractivity contribution in [1.29, 1.82) is 0 Å². The van der Waals surface area contributed by atoms with Gasteiger partial charge in [0.05, 0.1) is 17.1 Å². The molecule has 0 amide bonds. The number of aromatic amines is 1. The second-order valence-corrected chi connectivity index (χ2v) is 6.09. The van der Waals surface area contributed by atoms with Crippen LogP contribution in [0.1, 0.15) is 29.5 Å². The fraction of sp³-hybridized carbons (Fsp3) is 0.286. The number of H-pyrrole nitrogens is 1. The minimum absolute atomic E-state index is 0.119. The minimum Gasteiger partial charge on any atom is -0.469 e. The van der Waals surface area contributed by atoms with E-state index in [9.17, 15) is 4.79 Å². The number of nitrogens with zero attached hydrogens (tertiary/aromatic N) is 3. The highest BCUT2D eigenvalue weighted by Gasteiger charge is 2.17. The van der Waals surface area contributed by atoms with Gasteiger partial charge in [0, 0.05) is 11.8 Å². The van der Waals surface area contributed by atoms with E-state index in [4.69, 9.17) is 8.83 Å². The second-order valence-electron chi connectivity index (χ2n) is 4.80. The molecule has 0 fully saturated rings.